The minimum absolute atomic E-state index is 0.336. The van der Waals surface area contributed by atoms with Crippen molar-refractivity contribution in [3.05, 3.63) is 35.9 Å². The van der Waals surface area contributed by atoms with Crippen LogP contribution in [0.15, 0.2) is 30.3 Å². The molecule has 0 N–H and O–H groups in total. The number of ether oxygens (including phenoxy) is 3. The minimum atomic E-state index is -0.801. The molecule has 0 aromatic heterocycles. The molecule has 0 amide bonds. The molecule has 0 saturated carbocycles. The smallest absolute Gasteiger partial charge is 0.338 e. The Morgan fingerprint density at radius 3 is 2.83 bits per heavy atom. The van der Waals surface area contributed by atoms with Gasteiger partial charge in [0, 0.05) is 13.5 Å². The van der Waals surface area contributed by atoms with Crippen LogP contribution in [0, 0.1) is 0 Å². The molecule has 1 aliphatic rings. The van der Waals surface area contributed by atoms with Crippen molar-refractivity contribution in [1.82, 2.24) is 0 Å². The molecule has 18 heavy (non-hydrogen) atoms. The molecule has 5 heteroatoms. The summed E-state index contributed by atoms with van der Waals surface area (Å²) in [5.41, 5.74) is 0.544. The quantitative estimate of drug-likeness (QED) is 0.469. The van der Waals surface area contributed by atoms with E-state index in [0.717, 1.165) is 0 Å². The summed E-state index contributed by atoms with van der Waals surface area (Å²) in [6.07, 6.45) is 0.308. The first-order valence-electron chi connectivity index (χ1n) is 5.73. The van der Waals surface area contributed by atoms with E-state index >= 15 is 0 Å². The van der Waals surface area contributed by atoms with Gasteiger partial charge in [0.1, 0.15) is 0 Å². The van der Waals surface area contributed by atoms with E-state index in [4.69, 9.17) is 14.2 Å². The molecule has 4 nitrogen and oxygen atoms in total. The first-order chi connectivity index (χ1) is 8.72. The largest absolute Gasteiger partial charge is 0.453 e. The van der Waals surface area contributed by atoms with Crippen LogP contribution in [0.1, 0.15) is 16.8 Å². The van der Waals surface area contributed by atoms with Gasteiger partial charge in [-0.2, -0.15) is 0 Å². The molecular formula is C13H15IO4. The Morgan fingerprint density at radius 2 is 2.22 bits per heavy atom. The van der Waals surface area contributed by atoms with Crippen molar-refractivity contribution in [2.75, 3.05) is 18.1 Å². The van der Waals surface area contributed by atoms with Gasteiger partial charge in [-0.1, -0.05) is 40.8 Å². The molecule has 98 valence electrons. The number of methoxy groups -OCH3 is 1. The van der Waals surface area contributed by atoms with Gasteiger partial charge in [0.15, 0.2) is 6.10 Å². The van der Waals surface area contributed by atoms with Crippen LogP contribution in [-0.4, -0.2) is 36.0 Å². The number of rotatable bonds is 4. The van der Waals surface area contributed by atoms with Crippen LogP contribution in [0.5, 0.6) is 0 Å². The van der Waals surface area contributed by atoms with Crippen LogP contribution in [0.25, 0.3) is 0 Å². The van der Waals surface area contributed by atoms with Gasteiger partial charge in [-0.05, 0) is 12.1 Å². The van der Waals surface area contributed by atoms with Gasteiger partial charge in [-0.3, -0.25) is 0 Å². The van der Waals surface area contributed by atoms with E-state index in [-0.39, 0.29) is 12.1 Å². The second-order valence-corrected chi connectivity index (χ2v) is 4.81. The highest BCUT2D eigenvalue weighted by molar-refractivity contribution is 14.1. The summed E-state index contributed by atoms with van der Waals surface area (Å²) in [6, 6.07) is 8.94. The third-order valence-electron chi connectivity index (χ3n) is 3.01. The summed E-state index contributed by atoms with van der Waals surface area (Å²) in [6.45, 7) is 0.545. The summed E-state index contributed by atoms with van der Waals surface area (Å²) >= 11 is 2.18. The lowest BCUT2D eigenvalue weighted by Crippen LogP contribution is -2.45. The van der Waals surface area contributed by atoms with Gasteiger partial charge in [-0.15, -0.1) is 0 Å². The monoisotopic (exact) mass is 362 g/mol. The lowest BCUT2D eigenvalue weighted by Gasteiger charge is -2.30. The summed E-state index contributed by atoms with van der Waals surface area (Å²) in [4.78, 5) is 12.0. The second-order valence-electron chi connectivity index (χ2n) is 4.05. The maximum atomic E-state index is 12.0. The van der Waals surface area contributed by atoms with E-state index in [2.05, 4.69) is 22.6 Å². The van der Waals surface area contributed by atoms with E-state index in [1.807, 2.05) is 18.2 Å². The van der Waals surface area contributed by atoms with E-state index < -0.39 is 5.79 Å². The SMILES string of the molecule is COC1(CI)OCCC1OC(=O)c1ccccc1. The highest BCUT2D eigenvalue weighted by Crippen LogP contribution is 2.32. The Bertz CT molecular complexity index is 403. The molecule has 1 fully saturated rings. The average Bonchev–Trinajstić information content (AvgIpc) is 2.83. The van der Waals surface area contributed by atoms with Gasteiger partial charge >= 0.3 is 5.97 Å². The fourth-order valence-electron chi connectivity index (χ4n) is 1.94. The zero-order valence-corrected chi connectivity index (χ0v) is 12.3. The third kappa shape index (κ3) is 2.67. The van der Waals surface area contributed by atoms with Crippen LogP contribution in [0.2, 0.25) is 0 Å². The summed E-state index contributed by atoms with van der Waals surface area (Å²) in [5, 5.41) is 0. The van der Waals surface area contributed by atoms with E-state index in [9.17, 15) is 4.79 Å². The van der Waals surface area contributed by atoms with Gasteiger partial charge in [0.05, 0.1) is 16.6 Å². The Labute approximate surface area is 120 Å². The van der Waals surface area contributed by atoms with E-state index in [0.29, 0.717) is 23.0 Å². The molecule has 1 aromatic rings. The molecule has 0 radical (unpaired) electrons. The van der Waals surface area contributed by atoms with Crippen molar-refractivity contribution in [2.24, 2.45) is 0 Å². The van der Waals surface area contributed by atoms with Crippen molar-refractivity contribution in [3.8, 4) is 0 Å². The predicted molar refractivity (Wildman–Crippen MR) is 74.8 cm³/mol. The molecule has 1 saturated heterocycles. The Hall–Kier alpha value is -0.660. The molecule has 2 rings (SSSR count). The summed E-state index contributed by atoms with van der Waals surface area (Å²) < 4.78 is 17.1. The van der Waals surface area contributed by atoms with Gasteiger partial charge in [-0.25, -0.2) is 4.79 Å². The molecule has 0 bridgehead atoms. The second kappa shape index (κ2) is 5.99. The molecule has 1 aliphatic heterocycles. The Morgan fingerprint density at radius 1 is 1.50 bits per heavy atom. The zero-order chi connectivity index (χ0) is 13.0. The highest BCUT2D eigenvalue weighted by Gasteiger charge is 2.46. The van der Waals surface area contributed by atoms with Crippen molar-refractivity contribution >= 4 is 28.6 Å². The number of carbonyl (C=O) groups excluding carboxylic acids is 1. The van der Waals surface area contributed by atoms with Crippen LogP contribution in [0.4, 0.5) is 0 Å². The lowest BCUT2D eigenvalue weighted by molar-refractivity contribution is -0.213. The van der Waals surface area contributed by atoms with Crippen molar-refractivity contribution < 1.29 is 19.0 Å². The maximum absolute atomic E-state index is 12.0. The molecule has 1 heterocycles. The fourth-order valence-corrected chi connectivity index (χ4v) is 2.96. The lowest BCUT2D eigenvalue weighted by atomic mass is 10.1. The van der Waals surface area contributed by atoms with Crippen molar-refractivity contribution in [1.29, 1.82) is 0 Å². The van der Waals surface area contributed by atoms with E-state index in [1.54, 1.807) is 19.2 Å². The van der Waals surface area contributed by atoms with Gasteiger partial charge in [0.25, 0.3) is 0 Å². The average molecular weight is 362 g/mol. The fraction of sp³-hybridized carbons (Fsp3) is 0.462. The molecule has 0 aliphatic carbocycles. The molecule has 2 unspecified atom stereocenters. The Balaban J connectivity index is 2.07. The molecule has 1 aromatic carbocycles. The van der Waals surface area contributed by atoms with Crippen LogP contribution in [-0.2, 0) is 14.2 Å². The van der Waals surface area contributed by atoms with Crippen LogP contribution < -0.4 is 0 Å². The van der Waals surface area contributed by atoms with Gasteiger partial charge in [0.2, 0.25) is 5.79 Å². The molecule has 0 spiro atoms. The number of hydrogen-bond acceptors (Lipinski definition) is 4. The molecular weight excluding hydrogens is 347 g/mol. The first kappa shape index (κ1) is 13.8. The summed E-state index contributed by atoms with van der Waals surface area (Å²) in [5.74, 6) is -1.14. The van der Waals surface area contributed by atoms with Crippen LogP contribution in [0.3, 0.4) is 0 Å². The molecule has 2 atom stereocenters. The first-order valence-corrected chi connectivity index (χ1v) is 7.25. The van der Waals surface area contributed by atoms with Crippen LogP contribution >= 0.6 is 22.6 Å². The van der Waals surface area contributed by atoms with E-state index in [1.165, 1.54) is 0 Å². The van der Waals surface area contributed by atoms with Crippen molar-refractivity contribution in [2.45, 2.75) is 18.3 Å². The maximum Gasteiger partial charge on any atom is 0.338 e. The normalized spacial score (nSPS) is 27.1. The minimum Gasteiger partial charge on any atom is -0.453 e. The van der Waals surface area contributed by atoms with Gasteiger partial charge < -0.3 is 14.2 Å². The third-order valence-corrected chi connectivity index (χ3v) is 4.07. The number of alkyl halides is 1. The zero-order valence-electron chi connectivity index (χ0n) is 10.1. The number of carbonyl (C=O) groups is 1. The number of halogens is 1. The topological polar surface area (TPSA) is 44.8 Å². The standard InChI is InChI=1S/C13H15IO4/c1-16-13(9-14)11(7-8-17-13)18-12(15)10-5-3-2-4-6-10/h2-6,11H,7-9H2,1H3. The highest BCUT2D eigenvalue weighted by atomic mass is 127. The summed E-state index contributed by atoms with van der Waals surface area (Å²) in [7, 11) is 1.58. The number of esters is 1. The Kier molecular flexibility index (Phi) is 4.58. The number of benzene rings is 1. The van der Waals surface area contributed by atoms with Crippen molar-refractivity contribution in [3.63, 3.8) is 0 Å². The predicted octanol–water partition coefficient (Wildman–Crippen LogP) is 2.41. The number of hydrogen-bond donors (Lipinski definition) is 0.